The van der Waals surface area contributed by atoms with E-state index in [0.29, 0.717) is 17.8 Å². The van der Waals surface area contributed by atoms with Crippen molar-refractivity contribution >= 4 is 18.0 Å². The van der Waals surface area contributed by atoms with Crippen LogP contribution in [0.2, 0.25) is 0 Å². The van der Waals surface area contributed by atoms with Crippen molar-refractivity contribution in [3.05, 3.63) is 34.1 Å². The molecule has 7 nitrogen and oxygen atoms in total. The molecular formula is C15H16N4O3S. The summed E-state index contributed by atoms with van der Waals surface area (Å²) in [6, 6.07) is 5.72. The summed E-state index contributed by atoms with van der Waals surface area (Å²) in [5, 5.41) is 8.31. The van der Waals surface area contributed by atoms with Gasteiger partial charge in [0.2, 0.25) is 11.1 Å². The van der Waals surface area contributed by atoms with E-state index in [-0.39, 0.29) is 17.9 Å². The molecule has 0 saturated carbocycles. The van der Waals surface area contributed by atoms with E-state index in [2.05, 4.69) is 17.4 Å². The molecule has 4 rings (SSSR count). The second-order valence-electron chi connectivity index (χ2n) is 5.96. The Balaban J connectivity index is 1.72. The second-order valence-corrected chi connectivity index (χ2v) is 6.33. The fraction of sp³-hybridized carbons (Fsp3) is 0.467. The van der Waals surface area contributed by atoms with E-state index in [9.17, 15) is 4.79 Å². The lowest BCUT2D eigenvalue weighted by atomic mass is 10.0. The Bertz CT molecular complexity index is 843. The number of nitrogens with zero attached hydrogens (tertiary/aromatic N) is 4. The van der Waals surface area contributed by atoms with Crippen molar-refractivity contribution < 1.29 is 14.3 Å². The maximum absolute atomic E-state index is 12.0. The molecule has 8 heteroatoms. The van der Waals surface area contributed by atoms with Crippen LogP contribution in [0.1, 0.15) is 23.6 Å². The van der Waals surface area contributed by atoms with E-state index in [0.717, 1.165) is 11.3 Å². The Hall–Kier alpha value is -1.90. The molecule has 1 aromatic heterocycles. The van der Waals surface area contributed by atoms with Gasteiger partial charge in [0.1, 0.15) is 6.10 Å². The Labute approximate surface area is 137 Å². The van der Waals surface area contributed by atoms with Gasteiger partial charge in [-0.1, -0.05) is 6.07 Å². The summed E-state index contributed by atoms with van der Waals surface area (Å²) < 4.78 is 14.5. The summed E-state index contributed by atoms with van der Waals surface area (Å²) in [5.41, 5.74) is 3.21. The van der Waals surface area contributed by atoms with Crippen molar-refractivity contribution in [1.82, 2.24) is 19.8 Å². The number of tetrazole rings is 1. The minimum Gasteiger partial charge on any atom is -0.343 e. The van der Waals surface area contributed by atoms with Gasteiger partial charge >= 0.3 is 0 Å². The summed E-state index contributed by atoms with van der Waals surface area (Å²) in [7, 11) is 0. The fourth-order valence-corrected chi connectivity index (χ4v) is 3.27. The molecular weight excluding hydrogens is 316 g/mol. The van der Waals surface area contributed by atoms with Crippen molar-refractivity contribution in [1.29, 1.82) is 0 Å². The molecule has 0 radical (unpaired) electrons. The van der Waals surface area contributed by atoms with Gasteiger partial charge in [-0.2, -0.15) is 4.68 Å². The summed E-state index contributed by atoms with van der Waals surface area (Å²) in [4.78, 5) is 12.0. The number of hydrogen-bond acceptors (Lipinski definition) is 6. The van der Waals surface area contributed by atoms with E-state index in [1.165, 1.54) is 5.56 Å². The lowest BCUT2D eigenvalue weighted by Crippen LogP contribution is -2.37. The van der Waals surface area contributed by atoms with Crippen LogP contribution in [-0.4, -0.2) is 44.6 Å². The predicted octanol–water partition coefficient (Wildman–Crippen LogP) is 1.67. The third-order valence-corrected chi connectivity index (χ3v) is 4.82. The zero-order valence-electron chi connectivity index (χ0n) is 12.8. The molecule has 3 atom stereocenters. The highest BCUT2D eigenvalue weighted by Gasteiger charge is 2.45. The lowest BCUT2D eigenvalue weighted by molar-refractivity contribution is -0.156. The molecule has 2 aliphatic heterocycles. The number of carbonyl (C=O) groups excluding carboxylic acids is 1. The first-order valence-electron chi connectivity index (χ1n) is 7.46. The molecule has 2 bridgehead atoms. The first kappa shape index (κ1) is 14.7. The van der Waals surface area contributed by atoms with Gasteiger partial charge in [-0.3, -0.25) is 4.79 Å². The molecule has 0 aliphatic carbocycles. The smallest absolute Gasteiger partial charge is 0.221 e. The van der Waals surface area contributed by atoms with Crippen LogP contribution < -0.4 is 0 Å². The average molecular weight is 332 g/mol. The Morgan fingerprint density at radius 3 is 2.87 bits per heavy atom. The molecule has 1 aromatic carbocycles. The van der Waals surface area contributed by atoms with Crippen LogP contribution in [0.15, 0.2) is 18.2 Å². The first-order valence-corrected chi connectivity index (χ1v) is 7.87. The molecule has 120 valence electrons. The van der Waals surface area contributed by atoms with Crippen molar-refractivity contribution in [3.63, 3.8) is 0 Å². The van der Waals surface area contributed by atoms with Crippen molar-refractivity contribution in [2.45, 2.75) is 38.7 Å². The summed E-state index contributed by atoms with van der Waals surface area (Å²) in [6.07, 6.45) is -0.635. The molecule has 0 amide bonds. The highest BCUT2D eigenvalue weighted by molar-refractivity contribution is 7.71. The molecule has 2 aromatic rings. The summed E-state index contributed by atoms with van der Waals surface area (Å²) in [6.45, 7) is 4.46. The second kappa shape index (κ2) is 5.33. The maximum atomic E-state index is 12.0. The number of ketones is 1. The van der Waals surface area contributed by atoms with Gasteiger partial charge in [0, 0.05) is 6.42 Å². The third-order valence-electron chi connectivity index (χ3n) is 4.46. The monoisotopic (exact) mass is 332 g/mol. The Morgan fingerprint density at radius 2 is 2.09 bits per heavy atom. The maximum Gasteiger partial charge on any atom is 0.221 e. The van der Waals surface area contributed by atoms with E-state index < -0.39 is 6.29 Å². The lowest BCUT2D eigenvalue weighted by Gasteiger charge is -2.25. The molecule has 2 saturated heterocycles. The number of rotatable bonds is 2. The number of benzene rings is 1. The van der Waals surface area contributed by atoms with Gasteiger partial charge in [0.25, 0.3) is 0 Å². The van der Waals surface area contributed by atoms with Gasteiger partial charge in [-0.15, -0.1) is 0 Å². The van der Waals surface area contributed by atoms with Crippen LogP contribution in [0.3, 0.4) is 0 Å². The van der Waals surface area contributed by atoms with Gasteiger partial charge < -0.3 is 9.47 Å². The zero-order chi connectivity index (χ0) is 16.1. The van der Waals surface area contributed by atoms with Crippen LogP contribution >= 0.6 is 12.2 Å². The van der Waals surface area contributed by atoms with Gasteiger partial charge in [0.05, 0.1) is 18.3 Å². The van der Waals surface area contributed by atoms with Crippen molar-refractivity contribution in [2.24, 2.45) is 0 Å². The van der Waals surface area contributed by atoms with Crippen LogP contribution in [-0.2, 0) is 14.3 Å². The third kappa shape index (κ3) is 2.34. The number of aromatic nitrogens is 4. The minimum absolute atomic E-state index is 0.0774. The standard InChI is InChI=1S/C15H16N4O3S/c1-8-3-4-10(5-9(8)2)18-15(23)19(17-16-18)11-6-12(20)14-21-7-13(11)22-14/h3-5,11,13-14H,6-7H2,1-2H3/t11-,13+,14+/m0/s1. The van der Waals surface area contributed by atoms with Crippen LogP contribution in [0.4, 0.5) is 0 Å². The van der Waals surface area contributed by atoms with Gasteiger partial charge in [-0.05, 0) is 59.8 Å². The molecule has 3 heterocycles. The van der Waals surface area contributed by atoms with Crippen LogP contribution in [0, 0.1) is 18.6 Å². The number of carbonyl (C=O) groups is 1. The van der Waals surface area contributed by atoms with Crippen LogP contribution in [0.25, 0.3) is 5.69 Å². The van der Waals surface area contributed by atoms with Gasteiger partial charge in [-0.25, -0.2) is 4.68 Å². The highest BCUT2D eigenvalue weighted by Crippen LogP contribution is 2.32. The number of Topliss-reactive ketones (excluding diaryl/α,β-unsaturated/α-hetero) is 1. The normalized spacial score (nSPS) is 26.7. The van der Waals surface area contributed by atoms with Crippen LogP contribution in [0.5, 0.6) is 0 Å². The number of hydrogen-bond donors (Lipinski definition) is 0. The molecule has 0 unspecified atom stereocenters. The predicted molar refractivity (Wildman–Crippen MR) is 82.9 cm³/mol. The van der Waals surface area contributed by atoms with E-state index >= 15 is 0 Å². The van der Waals surface area contributed by atoms with E-state index in [1.807, 2.05) is 25.1 Å². The fourth-order valence-electron chi connectivity index (χ4n) is 2.95. The summed E-state index contributed by atoms with van der Waals surface area (Å²) >= 11 is 5.51. The zero-order valence-corrected chi connectivity index (χ0v) is 13.6. The van der Waals surface area contributed by atoms with Crippen molar-refractivity contribution in [3.8, 4) is 5.69 Å². The van der Waals surface area contributed by atoms with E-state index in [4.69, 9.17) is 21.7 Å². The Kier molecular flexibility index (Phi) is 3.40. The van der Waals surface area contributed by atoms with Crippen molar-refractivity contribution in [2.75, 3.05) is 6.61 Å². The summed E-state index contributed by atoms with van der Waals surface area (Å²) in [5.74, 6) is -0.0774. The van der Waals surface area contributed by atoms with E-state index in [1.54, 1.807) is 9.36 Å². The molecule has 2 fully saturated rings. The molecule has 0 spiro atoms. The quantitative estimate of drug-likeness (QED) is 0.779. The highest BCUT2D eigenvalue weighted by atomic mass is 32.1. The first-order chi connectivity index (χ1) is 11.0. The largest absolute Gasteiger partial charge is 0.343 e. The Morgan fingerprint density at radius 1 is 1.26 bits per heavy atom. The number of fused-ring (bicyclic) bond motifs is 2. The molecule has 0 N–H and O–H groups in total. The average Bonchev–Trinajstić information content (AvgIpc) is 3.12. The number of ether oxygens (including phenoxy) is 2. The number of aryl methyl sites for hydroxylation is 2. The molecule has 2 aliphatic rings. The van der Waals surface area contributed by atoms with Gasteiger partial charge in [0.15, 0.2) is 5.78 Å². The minimum atomic E-state index is -0.722. The molecule has 23 heavy (non-hydrogen) atoms. The topological polar surface area (TPSA) is 71.2 Å². The SMILES string of the molecule is Cc1ccc(-n2nnn([C@H]3CC(=O)[C@@H]4OC[C@H]3O4)c2=S)cc1C.